The first-order valence-electron chi connectivity index (χ1n) is 8.00. The minimum absolute atomic E-state index is 0.134. The Bertz CT molecular complexity index is 864. The van der Waals surface area contributed by atoms with Crippen molar-refractivity contribution in [1.82, 2.24) is 10.3 Å². The highest BCUT2D eigenvalue weighted by molar-refractivity contribution is 7.15. The molecule has 0 saturated heterocycles. The van der Waals surface area contributed by atoms with Gasteiger partial charge in [0, 0.05) is 11.4 Å². The van der Waals surface area contributed by atoms with Gasteiger partial charge >= 0.3 is 0 Å². The van der Waals surface area contributed by atoms with Crippen LogP contribution in [-0.2, 0) is 0 Å². The van der Waals surface area contributed by atoms with Gasteiger partial charge in [0.2, 0.25) is 0 Å². The Labute approximate surface area is 150 Å². The number of rotatable bonds is 5. The van der Waals surface area contributed by atoms with Gasteiger partial charge in [-0.25, -0.2) is 4.98 Å². The van der Waals surface area contributed by atoms with Gasteiger partial charge in [-0.05, 0) is 38.5 Å². The van der Waals surface area contributed by atoms with Crippen molar-refractivity contribution in [3.05, 3.63) is 63.9 Å². The quantitative estimate of drug-likeness (QED) is 0.729. The number of thiazole rings is 1. The summed E-state index contributed by atoms with van der Waals surface area (Å²) >= 11 is 1.41. The molecule has 0 aliphatic heterocycles. The van der Waals surface area contributed by atoms with Gasteiger partial charge in [-0.2, -0.15) is 0 Å². The fourth-order valence-electron chi connectivity index (χ4n) is 2.71. The van der Waals surface area contributed by atoms with Gasteiger partial charge in [0.1, 0.15) is 5.69 Å². The monoisotopic (exact) mass is 356 g/mol. The SMILES string of the molecule is Cc1cc(C)cc([C@@H](O)CNC(=O)c2nc(-c3ccco3)sc2C)c1. The molecule has 0 saturated carbocycles. The lowest BCUT2D eigenvalue weighted by molar-refractivity contribution is 0.0911. The molecule has 2 aromatic heterocycles. The number of aryl methyl sites for hydroxylation is 3. The molecule has 25 heavy (non-hydrogen) atoms. The number of carbonyl (C=O) groups is 1. The molecule has 3 rings (SSSR count). The molecule has 0 aliphatic carbocycles. The Balaban J connectivity index is 1.68. The molecule has 6 heteroatoms. The molecule has 1 aromatic carbocycles. The highest BCUT2D eigenvalue weighted by Gasteiger charge is 2.18. The largest absolute Gasteiger partial charge is 0.462 e. The van der Waals surface area contributed by atoms with Crippen LogP contribution in [0.4, 0.5) is 0 Å². The lowest BCUT2D eigenvalue weighted by Crippen LogP contribution is -2.29. The molecule has 130 valence electrons. The maximum absolute atomic E-state index is 12.4. The molecular weight excluding hydrogens is 336 g/mol. The van der Waals surface area contributed by atoms with E-state index in [9.17, 15) is 9.90 Å². The minimum atomic E-state index is -0.758. The number of carbonyl (C=O) groups excluding carboxylic acids is 1. The number of hydrogen-bond donors (Lipinski definition) is 2. The minimum Gasteiger partial charge on any atom is -0.462 e. The number of aliphatic hydroxyl groups excluding tert-OH is 1. The summed E-state index contributed by atoms with van der Waals surface area (Å²) in [6.07, 6.45) is 0.817. The summed E-state index contributed by atoms with van der Waals surface area (Å²) in [4.78, 5) is 17.6. The zero-order chi connectivity index (χ0) is 18.0. The van der Waals surface area contributed by atoms with Crippen LogP contribution in [0.1, 0.15) is 38.2 Å². The first kappa shape index (κ1) is 17.4. The standard InChI is InChI=1S/C19H20N2O3S/c1-11-7-12(2)9-14(8-11)15(22)10-20-18(23)17-13(3)25-19(21-17)16-5-4-6-24-16/h4-9,15,22H,10H2,1-3H3,(H,20,23)/t15-/m0/s1. The van der Waals surface area contributed by atoms with Gasteiger partial charge in [0.25, 0.3) is 5.91 Å². The molecule has 0 radical (unpaired) electrons. The average Bonchev–Trinajstić information content (AvgIpc) is 3.20. The van der Waals surface area contributed by atoms with E-state index < -0.39 is 6.10 Å². The third-order valence-corrected chi connectivity index (χ3v) is 4.81. The lowest BCUT2D eigenvalue weighted by Gasteiger charge is -2.13. The predicted molar refractivity (Wildman–Crippen MR) is 97.8 cm³/mol. The van der Waals surface area contributed by atoms with E-state index in [0.717, 1.165) is 21.6 Å². The second kappa shape index (κ2) is 7.21. The Morgan fingerprint density at radius 1 is 1.28 bits per heavy atom. The van der Waals surface area contributed by atoms with Crippen molar-refractivity contribution < 1.29 is 14.3 Å². The molecule has 1 amide bonds. The molecular formula is C19H20N2O3S. The lowest BCUT2D eigenvalue weighted by atomic mass is 10.0. The molecule has 0 unspecified atom stereocenters. The molecule has 0 fully saturated rings. The van der Waals surface area contributed by atoms with Gasteiger partial charge in [-0.1, -0.05) is 29.3 Å². The molecule has 2 heterocycles. The van der Waals surface area contributed by atoms with Gasteiger partial charge in [0.15, 0.2) is 10.8 Å². The molecule has 0 aliphatic rings. The zero-order valence-electron chi connectivity index (χ0n) is 14.4. The highest BCUT2D eigenvalue weighted by atomic mass is 32.1. The van der Waals surface area contributed by atoms with Crippen LogP contribution in [0.2, 0.25) is 0 Å². The summed E-state index contributed by atoms with van der Waals surface area (Å²) in [5.74, 6) is 0.345. The smallest absolute Gasteiger partial charge is 0.271 e. The van der Waals surface area contributed by atoms with Crippen LogP contribution < -0.4 is 5.32 Å². The fraction of sp³-hybridized carbons (Fsp3) is 0.263. The van der Waals surface area contributed by atoms with E-state index in [-0.39, 0.29) is 12.5 Å². The van der Waals surface area contributed by atoms with E-state index >= 15 is 0 Å². The van der Waals surface area contributed by atoms with Crippen LogP contribution in [0.25, 0.3) is 10.8 Å². The summed E-state index contributed by atoms with van der Waals surface area (Å²) in [7, 11) is 0. The third-order valence-electron chi connectivity index (χ3n) is 3.83. The van der Waals surface area contributed by atoms with Crippen molar-refractivity contribution in [2.45, 2.75) is 26.9 Å². The number of benzene rings is 1. The van der Waals surface area contributed by atoms with Crippen molar-refractivity contribution in [3.8, 4) is 10.8 Å². The number of nitrogens with zero attached hydrogens (tertiary/aromatic N) is 1. The third kappa shape index (κ3) is 3.97. The maximum atomic E-state index is 12.4. The Hall–Kier alpha value is -2.44. The second-order valence-electron chi connectivity index (χ2n) is 6.05. The van der Waals surface area contributed by atoms with Crippen molar-refractivity contribution in [2.24, 2.45) is 0 Å². The van der Waals surface area contributed by atoms with Crippen LogP contribution in [-0.4, -0.2) is 22.5 Å². The van der Waals surface area contributed by atoms with Crippen LogP contribution in [0, 0.1) is 20.8 Å². The first-order chi connectivity index (χ1) is 11.9. The maximum Gasteiger partial charge on any atom is 0.271 e. The van der Waals surface area contributed by atoms with E-state index in [1.807, 2.05) is 45.0 Å². The second-order valence-corrected chi connectivity index (χ2v) is 7.25. The number of aliphatic hydroxyl groups is 1. The molecule has 3 aromatic rings. The average molecular weight is 356 g/mol. The summed E-state index contributed by atoms with van der Waals surface area (Å²) in [5, 5.41) is 13.8. The Morgan fingerprint density at radius 2 is 2.00 bits per heavy atom. The fourth-order valence-corrected chi connectivity index (χ4v) is 3.58. The van der Waals surface area contributed by atoms with Crippen molar-refractivity contribution in [1.29, 1.82) is 0 Å². The Kier molecular flexibility index (Phi) is 5.01. The summed E-state index contributed by atoms with van der Waals surface area (Å²) in [5.41, 5.74) is 3.32. The molecule has 0 spiro atoms. The van der Waals surface area contributed by atoms with E-state index in [1.165, 1.54) is 11.3 Å². The van der Waals surface area contributed by atoms with Gasteiger partial charge in [-0.3, -0.25) is 4.79 Å². The van der Waals surface area contributed by atoms with E-state index in [4.69, 9.17) is 4.42 Å². The van der Waals surface area contributed by atoms with Crippen LogP contribution in [0.3, 0.4) is 0 Å². The summed E-state index contributed by atoms with van der Waals surface area (Å²) in [6.45, 7) is 5.95. The molecule has 2 N–H and O–H groups in total. The number of furan rings is 1. The van der Waals surface area contributed by atoms with E-state index in [0.29, 0.717) is 16.5 Å². The zero-order valence-corrected chi connectivity index (χ0v) is 15.2. The van der Waals surface area contributed by atoms with Crippen LogP contribution in [0.5, 0.6) is 0 Å². The number of nitrogens with one attached hydrogen (secondary N) is 1. The summed E-state index contributed by atoms with van der Waals surface area (Å²) < 4.78 is 5.32. The normalized spacial score (nSPS) is 12.2. The van der Waals surface area contributed by atoms with Gasteiger partial charge < -0.3 is 14.8 Å². The highest BCUT2D eigenvalue weighted by Crippen LogP contribution is 2.28. The topological polar surface area (TPSA) is 75.4 Å². The van der Waals surface area contributed by atoms with Crippen molar-refractivity contribution in [3.63, 3.8) is 0 Å². The number of amides is 1. The molecule has 1 atom stereocenters. The number of aromatic nitrogens is 1. The van der Waals surface area contributed by atoms with E-state index in [1.54, 1.807) is 12.3 Å². The molecule has 5 nitrogen and oxygen atoms in total. The summed E-state index contributed by atoms with van der Waals surface area (Å²) in [6, 6.07) is 9.49. The number of hydrogen-bond acceptors (Lipinski definition) is 5. The van der Waals surface area contributed by atoms with Gasteiger partial charge in [0.05, 0.1) is 12.4 Å². The van der Waals surface area contributed by atoms with Crippen molar-refractivity contribution >= 4 is 17.2 Å². The van der Waals surface area contributed by atoms with Crippen molar-refractivity contribution in [2.75, 3.05) is 6.54 Å². The predicted octanol–water partition coefficient (Wildman–Crippen LogP) is 3.79. The molecule has 0 bridgehead atoms. The first-order valence-corrected chi connectivity index (χ1v) is 8.81. The van der Waals surface area contributed by atoms with Crippen LogP contribution >= 0.6 is 11.3 Å². The van der Waals surface area contributed by atoms with Gasteiger partial charge in [-0.15, -0.1) is 11.3 Å². The van der Waals surface area contributed by atoms with E-state index in [2.05, 4.69) is 10.3 Å². The Morgan fingerprint density at radius 3 is 2.64 bits per heavy atom. The van der Waals surface area contributed by atoms with Crippen LogP contribution in [0.15, 0.2) is 41.0 Å².